The number of benzene rings is 1. The number of nitrogens with zero attached hydrogens (tertiary/aromatic N) is 2. The smallest absolute Gasteiger partial charge is 0.0965 e. The number of para-hydroxylation sites is 1. The molecule has 2 aliphatic heterocycles. The predicted octanol–water partition coefficient (Wildman–Crippen LogP) is 2.90. The Bertz CT molecular complexity index is 356. The van der Waals surface area contributed by atoms with E-state index < -0.39 is 0 Å². The second-order valence-electron chi connectivity index (χ2n) is 5.97. The van der Waals surface area contributed by atoms with Crippen molar-refractivity contribution in [2.45, 2.75) is 25.7 Å². The van der Waals surface area contributed by atoms with E-state index >= 15 is 0 Å². The van der Waals surface area contributed by atoms with E-state index in [-0.39, 0.29) is 0 Å². The third-order valence-corrected chi connectivity index (χ3v) is 4.82. The summed E-state index contributed by atoms with van der Waals surface area (Å²) in [4.78, 5) is 2.56. The molecular formula is C16H25N2+. The zero-order valence-electron chi connectivity index (χ0n) is 11.4. The van der Waals surface area contributed by atoms with Crippen LogP contribution in [0.25, 0.3) is 0 Å². The summed E-state index contributed by atoms with van der Waals surface area (Å²) in [6, 6.07) is 10.9. The maximum Gasteiger partial charge on any atom is 0.0965 e. The normalized spacial score (nSPS) is 23.9. The van der Waals surface area contributed by atoms with Crippen molar-refractivity contribution in [2.75, 3.05) is 44.2 Å². The summed E-state index contributed by atoms with van der Waals surface area (Å²) < 4.78 is 1.41. The molecule has 3 rings (SSSR count). The Morgan fingerprint density at radius 3 is 1.94 bits per heavy atom. The first-order valence-corrected chi connectivity index (χ1v) is 7.53. The lowest BCUT2D eigenvalue weighted by Crippen LogP contribution is -2.60. The summed E-state index contributed by atoms with van der Waals surface area (Å²) in [6.45, 7) is 8.06. The molecule has 0 unspecified atom stereocenters. The molecule has 0 aromatic heterocycles. The number of rotatable bonds is 1. The van der Waals surface area contributed by atoms with E-state index in [1.165, 1.54) is 75.1 Å². The van der Waals surface area contributed by atoms with Crippen LogP contribution in [-0.4, -0.2) is 43.8 Å². The monoisotopic (exact) mass is 245 g/mol. The van der Waals surface area contributed by atoms with Crippen molar-refractivity contribution in [1.82, 2.24) is 0 Å². The third-order valence-electron chi connectivity index (χ3n) is 4.82. The first-order chi connectivity index (χ1) is 8.88. The average molecular weight is 245 g/mol. The van der Waals surface area contributed by atoms with Crippen molar-refractivity contribution in [3.63, 3.8) is 0 Å². The Kier molecular flexibility index (Phi) is 3.55. The maximum atomic E-state index is 2.56. The fourth-order valence-electron chi connectivity index (χ4n) is 3.59. The maximum absolute atomic E-state index is 2.56. The lowest BCUT2D eigenvalue weighted by molar-refractivity contribution is -0.927. The summed E-state index contributed by atoms with van der Waals surface area (Å²) in [5.41, 5.74) is 1.41. The Morgan fingerprint density at radius 2 is 1.33 bits per heavy atom. The van der Waals surface area contributed by atoms with E-state index in [9.17, 15) is 0 Å². The van der Waals surface area contributed by atoms with Gasteiger partial charge in [0.15, 0.2) is 0 Å². The SMILES string of the molecule is c1ccc(N2CC[N+]3(CCCCCC3)CC2)cc1. The average Bonchev–Trinajstić information content (AvgIpc) is 2.67. The van der Waals surface area contributed by atoms with Gasteiger partial charge in [-0.2, -0.15) is 0 Å². The number of quaternary nitrogens is 1. The Labute approximate surface area is 111 Å². The van der Waals surface area contributed by atoms with Crippen LogP contribution >= 0.6 is 0 Å². The molecular weight excluding hydrogens is 220 g/mol. The molecule has 2 nitrogen and oxygen atoms in total. The minimum atomic E-state index is 1.24. The first kappa shape index (κ1) is 12.0. The molecule has 0 saturated carbocycles. The molecule has 0 atom stereocenters. The summed E-state index contributed by atoms with van der Waals surface area (Å²) in [7, 11) is 0. The van der Waals surface area contributed by atoms with Gasteiger partial charge in [-0.3, -0.25) is 0 Å². The molecule has 2 saturated heterocycles. The first-order valence-electron chi connectivity index (χ1n) is 7.53. The summed E-state index contributed by atoms with van der Waals surface area (Å²) in [6.07, 6.45) is 5.82. The lowest BCUT2D eigenvalue weighted by Gasteiger charge is -2.45. The van der Waals surface area contributed by atoms with E-state index in [4.69, 9.17) is 0 Å². The van der Waals surface area contributed by atoms with Crippen LogP contribution in [0, 0.1) is 0 Å². The molecule has 18 heavy (non-hydrogen) atoms. The highest BCUT2D eigenvalue weighted by atomic mass is 15.4. The Morgan fingerprint density at radius 1 is 0.722 bits per heavy atom. The summed E-state index contributed by atoms with van der Waals surface area (Å²) in [5.74, 6) is 0. The van der Waals surface area contributed by atoms with Gasteiger partial charge in [-0.15, -0.1) is 0 Å². The largest absolute Gasteiger partial charge is 0.360 e. The van der Waals surface area contributed by atoms with Crippen molar-refractivity contribution in [3.8, 4) is 0 Å². The molecule has 0 bridgehead atoms. The van der Waals surface area contributed by atoms with Crippen LogP contribution in [0.1, 0.15) is 25.7 Å². The van der Waals surface area contributed by atoms with Crippen LogP contribution < -0.4 is 4.90 Å². The van der Waals surface area contributed by atoms with Gasteiger partial charge >= 0.3 is 0 Å². The number of hydrogen-bond acceptors (Lipinski definition) is 1. The fraction of sp³-hybridized carbons (Fsp3) is 0.625. The van der Waals surface area contributed by atoms with Gasteiger partial charge in [-0.1, -0.05) is 18.2 Å². The van der Waals surface area contributed by atoms with E-state index in [1.54, 1.807) is 0 Å². The summed E-state index contributed by atoms with van der Waals surface area (Å²) >= 11 is 0. The molecule has 0 aliphatic carbocycles. The Hall–Kier alpha value is -1.02. The highest BCUT2D eigenvalue weighted by Gasteiger charge is 2.33. The van der Waals surface area contributed by atoms with Gasteiger partial charge in [0.05, 0.1) is 39.3 Å². The second-order valence-corrected chi connectivity index (χ2v) is 5.97. The van der Waals surface area contributed by atoms with Crippen LogP contribution in [0.4, 0.5) is 5.69 Å². The number of piperazine rings is 1. The van der Waals surface area contributed by atoms with Gasteiger partial charge in [0.25, 0.3) is 0 Å². The van der Waals surface area contributed by atoms with Crippen molar-refractivity contribution < 1.29 is 4.48 Å². The molecule has 1 spiro atoms. The molecule has 0 radical (unpaired) electrons. The van der Waals surface area contributed by atoms with E-state index in [1.807, 2.05) is 0 Å². The molecule has 0 amide bonds. The molecule has 2 fully saturated rings. The van der Waals surface area contributed by atoms with Gasteiger partial charge in [0.2, 0.25) is 0 Å². The van der Waals surface area contributed by atoms with Crippen molar-refractivity contribution in [1.29, 1.82) is 0 Å². The minimum Gasteiger partial charge on any atom is -0.360 e. The zero-order valence-corrected chi connectivity index (χ0v) is 11.4. The second kappa shape index (κ2) is 5.31. The van der Waals surface area contributed by atoms with Crippen LogP contribution in [-0.2, 0) is 0 Å². The number of hydrogen-bond donors (Lipinski definition) is 0. The van der Waals surface area contributed by atoms with E-state index in [0.29, 0.717) is 0 Å². The van der Waals surface area contributed by atoms with Crippen LogP contribution in [0.15, 0.2) is 30.3 Å². The summed E-state index contributed by atoms with van der Waals surface area (Å²) in [5, 5.41) is 0. The molecule has 0 N–H and O–H groups in total. The van der Waals surface area contributed by atoms with E-state index in [2.05, 4.69) is 35.2 Å². The van der Waals surface area contributed by atoms with Gasteiger partial charge in [-0.05, 0) is 37.8 Å². The quantitative estimate of drug-likeness (QED) is 0.688. The van der Waals surface area contributed by atoms with Gasteiger partial charge in [0, 0.05) is 5.69 Å². The molecule has 2 heteroatoms. The molecule has 1 aromatic rings. The fourth-order valence-corrected chi connectivity index (χ4v) is 3.59. The molecule has 1 aromatic carbocycles. The predicted molar refractivity (Wildman–Crippen MR) is 76.9 cm³/mol. The molecule has 2 heterocycles. The van der Waals surface area contributed by atoms with E-state index in [0.717, 1.165) is 0 Å². The minimum absolute atomic E-state index is 1.24. The van der Waals surface area contributed by atoms with Gasteiger partial charge < -0.3 is 9.38 Å². The molecule has 2 aliphatic rings. The standard InChI is InChI=1S/C16H25N2/c1-2-7-13-18(12-6-1)14-10-17(11-15-18)16-8-4-3-5-9-16/h3-5,8-9H,1-2,6-7,10-15H2/q+1. The van der Waals surface area contributed by atoms with Crippen molar-refractivity contribution >= 4 is 5.69 Å². The van der Waals surface area contributed by atoms with Crippen LogP contribution in [0.2, 0.25) is 0 Å². The topological polar surface area (TPSA) is 3.24 Å². The third kappa shape index (κ3) is 2.54. The highest BCUT2D eigenvalue weighted by molar-refractivity contribution is 5.46. The molecule has 98 valence electrons. The van der Waals surface area contributed by atoms with Crippen molar-refractivity contribution in [2.24, 2.45) is 0 Å². The highest BCUT2D eigenvalue weighted by Crippen LogP contribution is 2.23. The van der Waals surface area contributed by atoms with Gasteiger partial charge in [0.1, 0.15) is 0 Å². The van der Waals surface area contributed by atoms with Crippen molar-refractivity contribution in [3.05, 3.63) is 30.3 Å². The zero-order chi connectivity index (χ0) is 12.3. The van der Waals surface area contributed by atoms with Gasteiger partial charge in [-0.25, -0.2) is 0 Å². The number of anilines is 1. The van der Waals surface area contributed by atoms with Crippen LogP contribution in [0.3, 0.4) is 0 Å². The Balaban J connectivity index is 1.63. The van der Waals surface area contributed by atoms with Crippen LogP contribution in [0.5, 0.6) is 0 Å². The lowest BCUT2D eigenvalue weighted by atomic mass is 10.2.